The summed E-state index contributed by atoms with van der Waals surface area (Å²) < 4.78 is 5.81. The zero-order valence-electron chi connectivity index (χ0n) is 16.7. The summed E-state index contributed by atoms with van der Waals surface area (Å²) in [6.07, 6.45) is 0. The molecule has 0 saturated carbocycles. The van der Waals surface area contributed by atoms with E-state index in [1.165, 1.54) is 0 Å². The van der Waals surface area contributed by atoms with Gasteiger partial charge in [-0.3, -0.25) is 4.79 Å². The average Bonchev–Trinajstić information content (AvgIpc) is 3.26. The topological polar surface area (TPSA) is 55.1 Å². The number of carbonyl (C=O) groups is 1. The molecule has 156 valence electrons. The zero-order chi connectivity index (χ0) is 22.1. The number of hydrogen-bond acceptors (Lipinski definition) is 3. The molecule has 5 rings (SSSR count). The van der Waals surface area contributed by atoms with Gasteiger partial charge in [0.1, 0.15) is 0 Å². The van der Waals surface area contributed by atoms with Gasteiger partial charge in [0.25, 0.3) is 5.91 Å². The van der Waals surface area contributed by atoms with Crippen molar-refractivity contribution in [2.75, 3.05) is 5.32 Å². The Kier molecular flexibility index (Phi) is 5.52. The van der Waals surface area contributed by atoms with Crippen molar-refractivity contribution >= 4 is 50.0 Å². The quantitative estimate of drug-likeness (QED) is 0.272. The second-order valence-electron chi connectivity index (χ2n) is 7.22. The molecule has 0 aliphatic carbocycles. The number of anilines is 1. The fraction of sp³-hybridized carbons (Fsp3) is 0. The number of fused-ring (bicyclic) bond motifs is 1. The number of pyridine rings is 1. The number of carbonyl (C=O) groups excluding carboxylic acids is 1. The van der Waals surface area contributed by atoms with E-state index in [4.69, 9.17) is 21.0 Å². The minimum atomic E-state index is -0.310. The van der Waals surface area contributed by atoms with Crippen LogP contribution >= 0.6 is 27.5 Å². The second kappa shape index (κ2) is 8.61. The average molecular weight is 504 g/mol. The van der Waals surface area contributed by atoms with Crippen LogP contribution in [0.3, 0.4) is 0 Å². The van der Waals surface area contributed by atoms with E-state index in [1.54, 1.807) is 12.1 Å². The summed E-state index contributed by atoms with van der Waals surface area (Å²) in [4.78, 5) is 17.2. The van der Waals surface area contributed by atoms with Crippen LogP contribution in [0.4, 0.5) is 5.69 Å². The second-order valence-corrected chi connectivity index (χ2v) is 8.44. The monoisotopic (exact) mass is 502 g/mol. The minimum Gasteiger partial charge on any atom is -0.444 e. The fourth-order valence-corrected chi connectivity index (χ4v) is 4.03. The number of hydrogen-bond donors (Lipinski definition) is 1. The first-order chi connectivity index (χ1) is 15.6. The lowest BCUT2D eigenvalue weighted by atomic mass is 9.98. The van der Waals surface area contributed by atoms with E-state index in [0.717, 1.165) is 33.3 Å². The first-order valence-corrected chi connectivity index (χ1v) is 11.1. The van der Waals surface area contributed by atoms with Gasteiger partial charge < -0.3 is 9.73 Å². The van der Waals surface area contributed by atoms with Gasteiger partial charge in [-0.2, -0.15) is 0 Å². The molecular weight excluding hydrogens is 488 g/mol. The van der Waals surface area contributed by atoms with Crippen LogP contribution in [0.1, 0.15) is 10.6 Å². The van der Waals surface area contributed by atoms with Gasteiger partial charge in [-0.05, 0) is 75.6 Å². The fourth-order valence-electron chi connectivity index (χ4n) is 3.56. The molecule has 0 bridgehead atoms. The molecule has 0 spiro atoms. The molecule has 3 aromatic carbocycles. The number of rotatable bonds is 4. The van der Waals surface area contributed by atoms with Crippen LogP contribution in [-0.4, -0.2) is 10.9 Å². The van der Waals surface area contributed by atoms with Crippen molar-refractivity contribution in [1.82, 2.24) is 4.98 Å². The Morgan fingerprint density at radius 2 is 1.66 bits per heavy atom. The van der Waals surface area contributed by atoms with Crippen molar-refractivity contribution in [1.29, 1.82) is 0 Å². The smallest absolute Gasteiger partial charge is 0.291 e. The maximum absolute atomic E-state index is 12.3. The van der Waals surface area contributed by atoms with Crippen LogP contribution in [0.5, 0.6) is 0 Å². The van der Waals surface area contributed by atoms with Crippen LogP contribution in [0.15, 0.2) is 100 Å². The van der Waals surface area contributed by atoms with Crippen LogP contribution in [0, 0.1) is 0 Å². The minimum absolute atomic E-state index is 0.239. The Morgan fingerprint density at radius 3 is 2.38 bits per heavy atom. The first kappa shape index (κ1) is 20.5. The predicted octanol–water partition coefficient (Wildman–Crippen LogP) is 7.83. The number of nitrogens with zero attached hydrogens (tertiary/aromatic N) is 1. The number of furan rings is 1. The number of benzene rings is 3. The lowest BCUT2D eigenvalue weighted by molar-refractivity contribution is 0.0995. The Balaban J connectivity index is 1.50. The lowest BCUT2D eigenvalue weighted by Gasteiger charge is -2.11. The van der Waals surface area contributed by atoms with Gasteiger partial charge in [0.2, 0.25) is 0 Å². The summed E-state index contributed by atoms with van der Waals surface area (Å²) in [6.45, 7) is 0. The summed E-state index contributed by atoms with van der Waals surface area (Å²) in [5.74, 6) is -0.0705. The van der Waals surface area contributed by atoms with Gasteiger partial charge in [0.15, 0.2) is 10.4 Å². The number of aromatic nitrogens is 1. The highest BCUT2D eigenvalue weighted by atomic mass is 79.9. The molecule has 4 nitrogen and oxygen atoms in total. The lowest BCUT2D eigenvalue weighted by Crippen LogP contribution is -2.10. The van der Waals surface area contributed by atoms with Gasteiger partial charge in [0.05, 0.1) is 11.2 Å². The van der Waals surface area contributed by atoms with Gasteiger partial charge in [-0.25, -0.2) is 4.98 Å². The highest BCUT2D eigenvalue weighted by Gasteiger charge is 2.12. The van der Waals surface area contributed by atoms with Gasteiger partial charge in [-0.1, -0.05) is 54.1 Å². The van der Waals surface area contributed by atoms with Crippen molar-refractivity contribution in [3.8, 4) is 22.4 Å². The SMILES string of the molecule is O=C(Nc1ccc(-c2cc(-c3ccccc3)c3cc(Cl)ccc3n2)cc1)c1ccc(Br)o1. The molecule has 1 N–H and O–H groups in total. The predicted molar refractivity (Wildman–Crippen MR) is 132 cm³/mol. The van der Waals surface area contributed by atoms with Gasteiger partial charge in [-0.15, -0.1) is 0 Å². The van der Waals surface area contributed by atoms with Crippen LogP contribution < -0.4 is 5.32 Å². The largest absolute Gasteiger partial charge is 0.444 e. The summed E-state index contributed by atoms with van der Waals surface area (Å²) in [5, 5.41) is 4.51. The van der Waals surface area contributed by atoms with Crippen molar-refractivity contribution in [3.63, 3.8) is 0 Å². The van der Waals surface area contributed by atoms with E-state index >= 15 is 0 Å². The molecule has 2 aromatic heterocycles. The zero-order valence-corrected chi connectivity index (χ0v) is 19.0. The highest BCUT2D eigenvalue weighted by molar-refractivity contribution is 9.10. The van der Waals surface area contributed by atoms with E-state index in [-0.39, 0.29) is 11.7 Å². The summed E-state index contributed by atoms with van der Waals surface area (Å²) in [7, 11) is 0. The van der Waals surface area contributed by atoms with Crippen molar-refractivity contribution in [2.45, 2.75) is 0 Å². The molecule has 0 radical (unpaired) electrons. The van der Waals surface area contributed by atoms with Crippen LogP contribution in [0.25, 0.3) is 33.3 Å². The Morgan fingerprint density at radius 1 is 0.875 bits per heavy atom. The molecule has 0 unspecified atom stereocenters. The van der Waals surface area contributed by atoms with Gasteiger partial charge in [0, 0.05) is 21.7 Å². The molecule has 0 atom stereocenters. The van der Waals surface area contributed by atoms with Crippen molar-refractivity contribution < 1.29 is 9.21 Å². The Labute approximate surface area is 198 Å². The molecule has 0 fully saturated rings. The third kappa shape index (κ3) is 4.17. The molecule has 0 aliphatic heterocycles. The van der Waals surface area contributed by atoms with Crippen molar-refractivity contribution in [2.24, 2.45) is 0 Å². The van der Waals surface area contributed by atoms with E-state index in [9.17, 15) is 4.79 Å². The van der Waals surface area contributed by atoms with E-state index in [2.05, 4.69) is 39.4 Å². The van der Waals surface area contributed by atoms with E-state index in [0.29, 0.717) is 15.4 Å². The number of amides is 1. The highest BCUT2D eigenvalue weighted by Crippen LogP contribution is 2.33. The molecule has 6 heteroatoms. The van der Waals surface area contributed by atoms with Crippen LogP contribution in [-0.2, 0) is 0 Å². The van der Waals surface area contributed by atoms with Crippen molar-refractivity contribution in [3.05, 3.63) is 106 Å². The summed E-state index contributed by atoms with van der Waals surface area (Å²) in [5.41, 5.74) is 5.48. The third-order valence-electron chi connectivity index (χ3n) is 5.09. The molecule has 0 saturated heterocycles. The third-order valence-corrected chi connectivity index (χ3v) is 5.75. The van der Waals surface area contributed by atoms with Crippen LogP contribution in [0.2, 0.25) is 5.02 Å². The summed E-state index contributed by atoms with van der Waals surface area (Å²) in [6, 6.07) is 28.8. The standard InChI is InChI=1S/C26H16BrClN2O2/c27-25-13-12-24(32-25)26(31)29-19-9-6-17(7-10-19)23-15-20(16-4-2-1-3-5-16)21-14-18(28)8-11-22(21)30-23/h1-15H,(H,29,31). The van der Waals surface area contributed by atoms with E-state index in [1.807, 2.05) is 60.7 Å². The Bertz CT molecular complexity index is 1430. The molecular formula is C26H16BrClN2O2. The maximum Gasteiger partial charge on any atom is 0.291 e. The maximum atomic E-state index is 12.3. The number of halogens is 2. The molecule has 0 aliphatic rings. The normalized spacial score (nSPS) is 10.9. The van der Waals surface area contributed by atoms with E-state index < -0.39 is 0 Å². The molecule has 2 heterocycles. The Hall–Kier alpha value is -3.41. The molecule has 5 aromatic rings. The first-order valence-electron chi connectivity index (χ1n) is 9.90. The number of nitrogens with one attached hydrogen (secondary N) is 1. The molecule has 32 heavy (non-hydrogen) atoms. The summed E-state index contributed by atoms with van der Waals surface area (Å²) >= 11 is 9.47. The van der Waals surface area contributed by atoms with Gasteiger partial charge >= 0.3 is 0 Å². The molecule has 1 amide bonds.